The van der Waals surface area contributed by atoms with Crippen LogP contribution >= 0.6 is 7.52 Å². The van der Waals surface area contributed by atoms with Crippen LogP contribution in [0.15, 0.2) is 24.3 Å². The van der Waals surface area contributed by atoms with Gasteiger partial charge >= 0.3 is 13.5 Å². The number of carbonyl (C=O) groups is 1. The molecule has 0 saturated carbocycles. The van der Waals surface area contributed by atoms with Crippen LogP contribution in [0.25, 0.3) is 0 Å². The van der Waals surface area contributed by atoms with Crippen molar-refractivity contribution in [2.75, 3.05) is 19.8 Å². The Balaban J connectivity index is 2.12. The van der Waals surface area contributed by atoms with Crippen molar-refractivity contribution in [1.29, 1.82) is 0 Å². The molecule has 0 aliphatic carbocycles. The molecule has 0 aromatic heterocycles. The molecule has 2 rings (SSSR count). The van der Waals surface area contributed by atoms with E-state index < -0.39 is 24.5 Å². The van der Waals surface area contributed by atoms with Crippen molar-refractivity contribution in [2.45, 2.75) is 25.8 Å². The van der Waals surface area contributed by atoms with E-state index in [1.54, 1.807) is 6.92 Å². The Morgan fingerprint density at radius 1 is 1.43 bits per heavy atom. The molecule has 1 fully saturated rings. The lowest BCUT2D eigenvalue weighted by Crippen LogP contribution is -2.36. The van der Waals surface area contributed by atoms with Crippen molar-refractivity contribution in [3.8, 4) is 5.75 Å². The molecular weight excluding hydrogens is 323 g/mol. The second-order valence-corrected chi connectivity index (χ2v) is 7.52. The van der Waals surface area contributed by atoms with Crippen molar-refractivity contribution < 1.29 is 23.5 Å². The van der Waals surface area contributed by atoms with Gasteiger partial charge in [-0.25, -0.2) is 4.67 Å². The summed E-state index contributed by atoms with van der Waals surface area (Å²) in [5.41, 5.74) is -0.0751. The maximum atomic E-state index is 12.9. The normalized spacial score (nSPS) is 20.7. The van der Waals surface area contributed by atoms with Gasteiger partial charge in [-0.05, 0) is 31.9 Å². The number of hydrogen-bond acceptors (Lipinski definition) is 6. The summed E-state index contributed by atoms with van der Waals surface area (Å²) >= 11 is 0. The van der Waals surface area contributed by atoms with Gasteiger partial charge in [-0.15, -0.1) is 0 Å². The molecule has 23 heavy (non-hydrogen) atoms. The van der Waals surface area contributed by atoms with Crippen LogP contribution in [0.1, 0.15) is 19.8 Å². The Morgan fingerprint density at radius 2 is 2.09 bits per heavy atom. The lowest BCUT2D eigenvalue weighted by Gasteiger charge is -2.28. The van der Waals surface area contributed by atoms with Gasteiger partial charge in [0.05, 0.1) is 11.5 Å². The highest BCUT2D eigenvalue weighted by Gasteiger charge is 2.42. The number of nitrogens with zero attached hydrogens (tertiary/aromatic N) is 2. The number of carbonyl (C=O) groups excluding carboxylic acids is 1. The highest BCUT2D eigenvalue weighted by Crippen LogP contribution is 2.51. The number of nitro groups is 1. The van der Waals surface area contributed by atoms with E-state index in [2.05, 4.69) is 0 Å². The van der Waals surface area contributed by atoms with Gasteiger partial charge in [0.2, 0.25) is 0 Å². The van der Waals surface area contributed by atoms with Gasteiger partial charge < -0.3 is 9.26 Å². The summed E-state index contributed by atoms with van der Waals surface area (Å²) < 4.78 is 25.0. The first kappa shape index (κ1) is 17.4. The molecule has 126 valence electrons. The largest absolute Gasteiger partial charge is 0.465 e. The van der Waals surface area contributed by atoms with E-state index in [0.717, 1.165) is 6.42 Å². The van der Waals surface area contributed by atoms with Gasteiger partial charge in [-0.3, -0.25) is 19.5 Å². The van der Waals surface area contributed by atoms with E-state index in [9.17, 15) is 19.5 Å². The minimum atomic E-state index is -3.27. The molecule has 0 amide bonds. The summed E-state index contributed by atoms with van der Waals surface area (Å²) in [4.78, 5) is 22.1. The summed E-state index contributed by atoms with van der Waals surface area (Å²) in [5, 5.41) is 10.6. The smallest absolute Gasteiger partial charge is 0.323 e. The Hall–Kier alpha value is -1.92. The molecule has 0 spiro atoms. The van der Waals surface area contributed by atoms with E-state index in [-0.39, 0.29) is 18.0 Å². The van der Waals surface area contributed by atoms with Gasteiger partial charge in [0.1, 0.15) is 11.8 Å². The second kappa shape index (κ2) is 7.10. The lowest BCUT2D eigenvalue weighted by atomic mass is 10.2. The van der Waals surface area contributed by atoms with Crippen LogP contribution < -0.4 is 4.52 Å². The standard InChI is InChI=1S/C14H19N2O6P/c1-3-21-14(17)13-5-4-10-15(13)23(2,20)22-12-8-6-11(7-9-12)16(18)19/h6-9,13H,3-5,10H2,1-2H3/t13-,23?/m0/s1. The fourth-order valence-electron chi connectivity index (χ4n) is 2.54. The predicted molar refractivity (Wildman–Crippen MR) is 83.6 cm³/mol. The summed E-state index contributed by atoms with van der Waals surface area (Å²) in [6.07, 6.45) is 1.30. The number of rotatable bonds is 6. The molecule has 2 atom stereocenters. The maximum absolute atomic E-state index is 12.9. The monoisotopic (exact) mass is 342 g/mol. The van der Waals surface area contributed by atoms with Crippen molar-refractivity contribution in [3.05, 3.63) is 34.4 Å². The fraction of sp³-hybridized carbons (Fsp3) is 0.500. The zero-order valence-corrected chi connectivity index (χ0v) is 13.9. The van der Waals surface area contributed by atoms with Gasteiger partial charge in [0.25, 0.3) is 5.69 Å². The van der Waals surface area contributed by atoms with E-state index in [4.69, 9.17) is 9.26 Å². The van der Waals surface area contributed by atoms with Gasteiger partial charge in [0, 0.05) is 25.3 Å². The minimum absolute atomic E-state index is 0.0751. The molecule has 9 heteroatoms. The first-order valence-electron chi connectivity index (χ1n) is 7.30. The van der Waals surface area contributed by atoms with E-state index in [1.807, 2.05) is 0 Å². The Kier molecular flexibility index (Phi) is 5.38. The van der Waals surface area contributed by atoms with Crippen molar-refractivity contribution in [1.82, 2.24) is 4.67 Å². The molecule has 1 aromatic carbocycles. The number of nitro benzene ring substituents is 1. The van der Waals surface area contributed by atoms with E-state index in [1.165, 1.54) is 35.6 Å². The zero-order chi connectivity index (χ0) is 17.0. The molecule has 1 unspecified atom stereocenters. The third-order valence-corrected chi connectivity index (χ3v) is 5.53. The Morgan fingerprint density at radius 3 is 2.65 bits per heavy atom. The molecule has 0 bridgehead atoms. The molecular formula is C14H19N2O6P. The summed E-state index contributed by atoms with van der Waals surface area (Å²) in [6.45, 7) is 3.90. The van der Waals surface area contributed by atoms with Crippen LogP contribution in [-0.2, 0) is 14.1 Å². The zero-order valence-electron chi connectivity index (χ0n) is 13.0. The number of hydrogen-bond donors (Lipinski definition) is 0. The number of non-ortho nitro benzene ring substituents is 1. The van der Waals surface area contributed by atoms with Crippen LogP contribution in [0.4, 0.5) is 5.69 Å². The number of benzene rings is 1. The molecule has 1 aliphatic rings. The third kappa shape index (κ3) is 4.09. The van der Waals surface area contributed by atoms with Crippen molar-refractivity contribution >= 4 is 19.2 Å². The Bertz CT molecular complexity index is 633. The number of esters is 1. The van der Waals surface area contributed by atoms with Crippen LogP contribution in [0, 0.1) is 10.1 Å². The minimum Gasteiger partial charge on any atom is -0.465 e. The summed E-state index contributed by atoms with van der Waals surface area (Å²) in [6, 6.07) is 4.77. The van der Waals surface area contributed by atoms with Crippen molar-refractivity contribution in [2.24, 2.45) is 0 Å². The third-order valence-electron chi connectivity index (χ3n) is 3.57. The highest BCUT2D eigenvalue weighted by atomic mass is 31.2. The first-order valence-corrected chi connectivity index (χ1v) is 9.33. The van der Waals surface area contributed by atoms with Gasteiger partial charge in [-0.2, -0.15) is 0 Å². The van der Waals surface area contributed by atoms with Gasteiger partial charge in [0.15, 0.2) is 0 Å². The molecule has 1 aliphatic heterocycles. The summed E-state index contributed by atoms with van der Waals surface area (Å²) in [5.74, 6) is -0.143. The summed E-state index contributed by atoms with van der Waals surface area (Å²) in [7, 11) is -3.27. The lowest BCUT2D eigenvalue weighted by molar-refractivity contribution is -0.384. The highest BCUT2D eigenvalue weighted by molar-refractivity contribution is 7.56. The average molecular weight is 342 g/mol. The van der Waals surface area contributed by atoms with Crippen LogP contribution in [0.5, 0.6) is 5.75 Å². The maximum Gasteiger partial charge on any atom is 0.323 e. The van der Waals surface area contributed by atoms with Crippen LogP contribution in [0.3, 0.4) is 0 Å². The second-order valence-electron chi connectivity index (χ2n) is 5.22. The van der Waals surface area contributed by atoms with E-state index in [0.29, 0.717) is 13.0 Å². The SMILES string of the molecule is CCOC(=O)[C@@H]1CCCN1P(C)(=O)Oc1ccc([N+](=O)[O-])cc1. The molecule has 1 aromatic rings. The van der Waals surface area contributed by atoms with Crippen molar-refractivity contribution in [3.63, 3.8) is 0 Å². The predicted octanol–water partition coefficient (Wildman–Crippen LogP) is 2.82. The average Bonchev–Trinajstić information content (AvgIpc) is 2.98. The molecule has 8 nitrogen and oxygen atoms in total. The molecule has 1 heterocycles. The quantitative estimate of drug-likeness (QED) is 0.339. The Labute approximate surface area is 134 Å². The topological polar surface area (TPSA) is 99.0 Å². The van der Waals surface area contributed by atoms with Crippen LogP contribution in [0.2, 0.25) is 0 Å². The first-order chi connectivity index (χ1) is 10.8. The van der Waals surface area contributed by atoms with Crippen LogP contribution in [-0.4, -0.2) is 41.4 Å². The number of ether oxygens (including phenoxy) is 1. The molecule has 0 radical (unpaired) electrons. The van der Waals surface area contributed by atoms with Gasteiger partial charge in [-0.1, -0.05) is 0 Å². The molecule has 0 N–H and O–H groups in total. The molecule has 1 saturated heterocycles. The van der Waals surface area contributed by atoms with E-state index >= 15 is 0 Å². The fourth-order valence-corrected chi connectivity index (χ4v) is 4.38.